The van der Waals surface area contributed by atoms with E-state index in [1.807, 2.05) is 17.0 Å². The zero-order chi connectivity index (χ0) is 23.5. The fourth-order valence-electron chi connectivity index (χ4n) is 6.12. The van der Waals surface area contributed by atoms with Crippen LogP contribution in [0.4, 0.5) is 0 Å². The van der Waals surface area contributed by atoms with Crippen molar-refractivity contribution in [1.82, 2.24) is 15.1 Å². The SMILES string of the molecule is O=C(N[C@H]1CCCc2ccccc21)[C@@H](C1CCCC1)N1CCN(C(=O)c2ccccc2Cl)CC1. The molecule has 1 aliphatic heterocycles. The van der Waals surface area contributed by atoms with Crippen LogP contribution in [-0.2, 0) is 11.2 Å². The van der Waals surface area contributed by atoms with E-state index >= 15 is 0 Å². The second-order valence-corrected chi connectivity index (χ2v) is 10.4. The fraction of sp³-hybridized carbons (Fsp3) is 0.500. The number of hydrogen-bond acceptors (Lipinski definition) is 3. The number of halogens is 1. The molecule has 3 aliphatic rings. The summed E-state index contributed by atoms with van der Waals surface area (Å²) in [7, 11) is 0. The molecule has 1 heterocycles. The minimum absolute atomic E-state index is 0.0223. The molecular weight excluding hydrogens is 446 g/mol. The molecule has 1 N–H and O–H groups in total. The Kier molecular flexibility index (Phi) is 7.21. The molecule has 180 valence electrons. The lowest BCUT2D eigenvalue weighted by molar-refractivity contribution is -0.130. The number of aryl methyl sites for hydroxylation is 1. The van der Waals surface area contributed by atoms with Gasteiger partial charge in [-0.1, -0.05) is 60.8 Å². The number of amides is 2. The molecule has 5 rings (SSSR count). The molecule has 1 saturated carbocycles. The molecule has 0 bridgehead atoms. The number of piperazine rings is 1. The first kappa shape index (κ1) is 23.4. The van der Waals surface area contributed by atoms with E-state index in [0.717, 1.165) is 32.1 Å². The van der Waals surface area contributed by atoms with E-state index in [9.17, 15) is 9.59 Å². The third kappa shape index (κ3) is 4.87. The summed E-state index contributed by atoms with van der Waals surface area (Å²) in [4.78, 5) is 31.0. The lowest BCUT2D eigenvalue weighted by atomic mass is 9.87. The summed E-state index contributed by atoms with van der Waals surface area (Å²) in [5.41, 5.74) is 3.20. The number of nitrogens with zero attached hydrogens (tertiary/aromatic N) is 2. The number of fused-ring (bicyclic) bond motifs is 1. The van der Waals surface area contributed by atoms with Crippen molar-refractivity contribution in [2.24, 2.45) is 5.92 Å². The van der Waals surface area contributed by atoms with Crippen molar-refractivity contribution in [1.29, 1.82) is 0 Å². The Morgan fingerprint density at radius 1 is 0.882 bits per heavy atom. The average molecular weight is 480 g/mol. The fourth-order valence-corrected chi connectivity index (χ4v) is 6.34. The Bertz CT molecular complexity index is 1030. The highest BCUT2D eigenvalue weighted by Crippen LogP contribution is 2.34. The molecule has 0 unspecified atom stereocenters. The third-order valence-electron chi connectivity index (χ3n) is 7.90. The first-order chi connectivity index (χ1) is 16.6. The monoisotopic (exact) mass is 479 g/mol. The Hall–Kier alpha value is -2.37. The Morgan fingerprint density at radius 3 is 2.35 bits per heavy atom. The summed E-state index contributed by atoms with van der Waals surface area (Å²) in [6, 6.07) is 15.7. The highest BCUT2D eigenvalue weighted by atomic mass is 35.5. The van der Waals surface area contributed by atoms with Crippen LogP contribution >= 0.6 is 11.6 Å². The molecule has 2 aromatic carbocycles. The van der Waals surface area contributed by atoms with Gasteiger partial charge in [-0.25, -0.2) is 0 Å². The molecule has 0 aromatic heterocycles. The number of rotatable bonds is 5. The van der Waals surface area contributed by atoms with Crippen molar-refractivity contribution in [2.45, 2.75) is 57.0 Å². The highest BCUT2D eigenvalue weighted by molar-refractivity contribution is 6.33. The molecule has 0 radical (unpaired) electrons. The standard InChI is InChI=1S/C28H34ClN3O2/c29-24-14-6-5-13-23(24)28(34)32-18-16-31(17-19-32)26(21-9-1-2-10-21)27(33)30-25-15-7-11-20-8-3-4-12-22(20)25/h3-6,8,12-14,21,25-26H,1-2,7,9-11,15-19H2,(H,30,33)/t25-,26+/m0/s1. The quantitative estimate of drug-likeness (QED) is 0.666. The van der Waals surface area contributed by atoms with Crippen molar-refractivity contribution in [3.8, 4) is 0 Å². The van der Waals surface area contributed by atoms with Gasteiger partial charge in [-0.05, 0) is 61.3 Å². The van der Waals surface area contributed by atoms with E-state index in [-0.39, 0.29) is 23.9 Å². The minimum atomic E-state index is -0.117. The molecule has 2 aromatic rings. The van der Waals surface area contributed by atoms with E-state index in [2.05, 4.69) is 34.5 Å². The third-order valence-corrected chi connectivity index (χ3v) is 8.23. The van der Waals surface area contributed by atoms with Gasteiger partial charge in [0.2, 0.25) is 5.91 Å². The molecular formula is C28H34ClN3O2. The van der Waals surface area contributed by atoms with E-state index in [4.69, 9.17) is 11.6 Å². The van der Waals surface area contributed by atoms with Crippen molar-refractivity contribution >= 4 is 23.4 Å². The summed E-state index contributed by atoms with van der Waals surface area (Å²) >= 11 is 6.26. The summed E-state index contributed by atoms with van der Waals surface area (Å²) in [5, 5.41) is 3.93. The number of benzene rings is 2. The minimum Gasteiger partial charge on any atom is -0.348 e. The molecule has 5 nitrogen and oxygen atoms in total. The van der Waals surface area contributed by atoms with Gasteiger partial charge in [0, 0.05) is 26.2 Å². The van der Waals surface area contributed by atoms with E-state index in [0.29, 0.717) is 42.7 Å². The van der Waals surface area contributed by atoms with Crippen molar-refractivity contribution in [2.75, 3.05) is 26.2 Å². The van der Waals surface area contributed by atoms with Gasteiger partial charge in [-0.15, -0.1) is 0 Å². The van der Waals surface area contributed by atoms with Crippen LogP contribution in [0.25, 0.3) is 0 Å². The predicted octanol–water partition coefficient (Wildman–Crippen LogP) is 4.85. The van der Waals surface area contributed by atoms with E-state index < -0.39 is 0 Å². The molecule has 2 fully saturated rings. The molecule has 6 heteroatoms. The average Bonchev–Trinajstić information content (AvgIpc) is 3.39. The van der Waals surface area contributed by atoms with Crippen LogP contribution < -0.4 is 5.32 Å². The Morgan fingerprint density at radius 2 is 1.59 bits per heavy atom. The van der Waals surface area contributed by atoms with Crippen LogP contribution in [0.3, 0.4) is 0 Å². The molecule has 2 aliphatic carbocycles. The summed E-state index contributed by atoms with van der Waals surface area (Å²) < 4.78 is 0. The predicted molar refractivity (Wildman–Crippen MR) is 135 cm³/mol. The van der Waals surface area contributed by atoms with Crippen LogP contribution in [0.5, 0.6) is 0 Å². The molecule has 2 amide bonds. The topological polar surface area (TPSA) is 52.7 Å². The first-order valence-corrected chi connectivity index (χ1v) is 13.2. The summed E-state index contributed by atoms with van der Waals surface area (Å²) in [5.74, 6) is 0.537. The van der Waals surface area contributed by atoms with Crippen LogP contribution in [-0.4, -0.2) is 53.8 Å². The smallest absolute Gasteiger partial charge is 0.255 e. The van der Waals surface area contributed by atoms with Crippen molar-refractivity contribution < 1.29 is 9.59 Å². The maximum Gasteiger partial charge on any atom is 0.255 e. The molecule has 34 heavy (non-hydrogen) atoms. The Labute approximate surface area is 207 Å². The van der Waals surface area contributed by atoms with E-state index in [1.165, 1.54) is 24.0 Å². The number of carbonyl (C=O) groups is 2. The van der Waals surface area contributed by atoms with Crippen LogP contribution in [0.15, 0.2) is 48.5 Å². The maximum absolute atomic E-state index is 13.7. The van der Waals surface area contributed by atoms with Gasteiger partial charge in [0.25, 0.3) is 5.91 Å². The second kappa shape index (κ2) is 10.5. The lowest BCUT2D eigenvalue weighted by Gasteiger charge is -2.41. The molecule has 0 spiro atoms. The Balaban J connectivity index is 1.27. The first-order valence-electron chi connectivity index (χ1n) is 12.8. The van der Waals surface area contributed by atoms with Gasteiger partial charge < -0.3 is 10.2 Å². The van der Waals surface area contributed by atoms with Crippen LogP contribution in [0, 0.1) is 5.92 Å². The van der Waals surface area contributed by atoms with Gasteiger partial charge in [0.05, 0.1) is 22.7 Å². The van der Waals surface area contributed by atoms with Gasteiger partial charge in [-0.3, -0.25) is 14.5 Å². The second-order valence-electron chi connectivity index (χ2n) is 9.95. The van der Waals surface area contributed by atoms with Crippen molar-refractivity contribution in [3.63, 3.8) is 0 Å². The normalized spacial score (nSPS) is 22.3. The molecule has 2 atom stereocenters. The van der Waals surface area contributed by atoms with Gasteiger partial charge in [0.15, 0.2) is 0 Å². The lowest BCUT2D eigenvalue weighted by Crippen LogP contribution is -2.58. The van der Waals surface area contributed by atoms with Gasteiger partial charge in [-0.2, -0.15) is 0 Å². The van der Waals surface area contributed by atoms with Gasteiger partial charge in [0.1, 0.15) is 0 Å². The number of nitrogens with one attached hydrogen (secondary N) is 1. The zero-order valence-electron chi connectivity index (χ0n) is 19.7. The molecule has 1 saturated heterocycles. The zero-order valence-corrected chi connectivity index (χ0v) is 20.5. The summed E-state index contributed by atoms with van der Waals surface area (Å²) in [6.07, 6.45) is 7.82. The van der Waals surface area contributed by atoms with Crippen LogP contribution in [0.2, 0.25) is 5.02 Å². The highest BCUT2D eigenvalue weighted by Gasteiger charge is 2.38. The largest absolute Gasteiger partial charge is 0.348 e. The maximum atomic E-state index is 13.7. The van der Waals surface area contributed by atoms with Crippen molar-refractivity contribution in [3.05, 3.63) is 70.2 Å². The van der Waals surface area contributed by atoms with Crippen LogP contribution in [0.1, 0.15) is 66.1 Å². The van der Waals surface area contributed by atoms with E-state index in [1.54, 1.807) is 12.1 Å². The van der Waals surface area contributed by atoms with Gasteiger partial charge >= 0.3 is 0 Å². The number of hydrogen-bond donors (Lipinski definition) is 1. The number of carbonyl (C=O) groups excluding carboxylic acids is 2. The summed E-state index contributed by atoms with van der Waals surface area (Å²) in [6.45, 7) is 2.66.